The molecule has 0 aliphatic carbocycles. The average molecular weight is 809 g/mol. The summed E-state index contributed by atoms with van der Waals surface area (Å²) in [5.41, 5.74) is 0. The molecule has 1 saturated heterocycles. The van der Waals surface area contributed by atoms with Crippen molar-refractivity contribution in [3.8, 4) is 0 Å². The van der Waals surface area contributed by atoms with Gasteiger partial charge in [-0.1, -0.05) is 161 Å². The van der Waals surface area contributed by atoms with E-state index < -0.39 is 59.8 Å². The van der Waals surface area contributed by atoms with Crippen LogP contribution in [0.3, 0.4) is 0 Å². The van der Waals surface area contributed by atoms with E-state index in [9.17, 15) is 28.5 Å². The number of rotatable bonds is 38. The minimum atomic E-state index is -5.06. The molecule has 1 fully saturated rings. The molecular formula is C42H80O12S. The molecule has 1 heterocycles. The highest BCUT2D eigenvalue weighted by atomic mass is 32.3. The molecule has 0 amide bonds. The molecule has 1 aliphatic heterocycles. The van der Waals surface area contributed by atoms with Crippen LogP contribution in [0.4, 0.5) is 0 Å². The predicted octanol–water partition coefficient (Wildman–Crippen LogP) is 8.69. The molecule has 0 radical (unpaired) electrons. The summed E-state index contributed by atoms with van der Waals surface area (Å²) in [6.07, 6.45) is 26.9. The predicted molar refractivity (Wildman–Crippen MR) is 216 cm³/mol. The molecule has 12 nitrogen and oxygen atoms in total. The number of hydrogen-bond donors (Lipinski definition) is 4. The van der Waals surface area contributed by atoms with Gasteiger partial charge in [-0.05, 0) is 32.1 Å². The number of aliphatic hydroxyl groups is 3. The van der Waals surface area contributed by atoms with Crippen LogP contribution in [-0.4, -0.2) is 97.5 Å². The average Bonchev–Trinajstić information content (AvgIpc) is 3.15. The van der Waals surface area contributed by atoms with Gasteiger partial charge in [0, 0.05) is 13.0 Å². The quantitative estimate of drug-likeness (QED) is 0.0202. The summed E-state index contributed by atoms with van der Waals surface area (Å²) < 4.78 is 58.9. The molecule has 1 aliphatic rings. The lowest BCUT2D eigenvalue weighted by atomic mass is 9.99. The third-order valence-corrected chi connectivity index (χ3v) is 10.6. The van der Waals surface area contributed by atoms with Crippen molar-refractivity contribution in [1.29, 1.82) is 0 Å². The Labute approximate surface area is 334 Å². The third kappa shape index (κ3) is 28.8. The molecular weight excluding hydrogens is 729 g/mol. The van der Waals surface area contributed by atoms with Gasteiger partial charge in [0.25, 0.3) is 0 Å². The number of aliphatic hydroxyl groups excluding tert-OH is 3. The highest BCUT2D eigenvalue weighted by molar-refractivity contribution is 7.80. The Bertz CT molecular complexity index is 1030. The lowest BCUT2D eigenvalue weighted by molar-refractivity contribution is -0.301. The van der Waals surface area contributed by atoms with Crippen molar-refractivity contribution in [2.45, 2.75) is 224 Å². The van der Waals surface area contributed by atoms with Crippen molar-refractivity contribution >= 4 is 16.4 Å². The van der Waals surface area contributed by atoms with E-state index in [1.165, 1.54) is 96.3 Å². The number of esters is 1. The maximum Gasteiger partial charge on any atom is 0.397 e. The van der Waals surface area contributed by atoms with Gasteiger partial charge in [0.05, 0.1) is 19.8 Å². The summed E-state index contributed by atoms with van der Waals surface area (Å²) in [6.45, 7) is 3.93. The molecule has 0 bridgehead atoms. The van der Waals surface area contributed by atoms with Gasteiger partial charge in [0.2, 0.25) is 0 Å². The fraction of sp³-hybridized carbons (Fsp3) is 0.929. The highest BCUT2D eigenvalue weighted by Gasteiger charge is 2.48. The second-order valence-electron chi connectivity index (χ2n) is 15.3. The van der Waals surface area contributed by atoms with E-state index in [2.05, 4.69) is 30.2 Å². The number of carbonyl (C=O) groups is 1. The van der Waals surface area contributed by atoms with E-state index in [0.717, 1.165) is 64.2 Å². The fourth-order valence-corrected chi connectivity index (χ4v) is 7.30. The first-order valence-corrected chi connectivity index (χ1v) is 23.3. The maximum absolute atomic E-state index is 12.8. The first-order valence-electron chi connectivity index (χ1n) is 21.9. The van der Waals surface area contributed by atoms with Crippen molar-refractivity contribution in [1.82, 2.24) is 0 Å². The Balaban J connectivity index is 2.39. The van der Waals surface area contributed by atoms with Crippen LogP contribution in [0, 0.1) is 0 Å². The standard InChI is InChI=1S/C42H80O12S/c1-3-5-7-9-11-13-15-16-17-18-19-20-21-22-24-26-28-30-32-50-34-36(52-38(44)31-29-27-25-23-14-12-10-8-6-4-2)35-51-42-40(46)41(54-55(47,48)49)39(45)37(33-43)53-42/h8,10,36-37,39-43,45-46H,3-7,9,11-35H2,1-2H3,(H,47,48,49)/b10-8-. The van der Waals surface area contributed by atoms with Gasteiger partial charge < -0.3 is 34.3 Å². The maximum atomic E-state index is 12.8. The fourth-order valence-electron chi connectivity index (χ4n) is 6.79. The second kappa shape index (κ2) is 34.8. The third-order valence-electron chi connectivity index (χ3n) is 10.1. The molecule has 6 unspecified atom stereocenters. The number of ether oxygens (including phenoxy) is 4. The van der Waals surface area contributed by atoms with E-state index in [-0.39, 0.29) is 19.6 Å². The molecule has 0 aromatic rings. The molecule has 4 N–H and O–H groups in total. The Kier molecular flexibility index (Phi) is 32.9. The van der Waals surface area contributed by atoms with Crippen molar-refractivity contribution in [2.24, 2.45) is 0 Å². The molecule has 0 saturated carbocycles. The van der Waals surface area contributed by atoms with Crippen molar-refractivity contribution in [3.63, 3.8) is 0 Å². The van der Waals surface area contributed by atoms with Crippen molar-refractivity contribution in [2.75, 3.05) is 26.4 Å². The molecule has 13 heteroatoms. The zero-order valence-corrected chi connectivity index (χ0v) is 35.3. The smallest absolute Gasteiger partial charge is 0.397 e. The molecule has 0 spiro atoms. The Morgan fingerprint density at radius 1 is 0.673 bits per heavy atom. The summed E-state index contributed by atoms with van der Waals surface area (Å²) in [7, 11) is -5.06. The van der Waals surface area contributed by atoms with Crippen LogP contribution < -0.4 is 0 Å². The molecule has 0 aromatic heterocycles. The van der Waals surface area contributed by atoms with Gasteiger partial charge in [-0.15, -0.1) is 0 Å². The zero-order valence-electron chi connectivity index (χ0n) is 34.5. The van der Waals surface area contributed by atoms with E-state index in [1.807, 2.05) is 0 Å². The van der Waals surface area contributed by atoms with Crippen molar-refractivity contribution < 1.29 is 56.2 Å². The second-order valence-corrected chi connectivity index (χ2v) is 16.3. The Morgan fingerprint density at radius 3 is 1.71 bits per heavy atom. The van der Waals surface area contributed by atoms with Crippen molar-refractivity contribution in [3.05, 3.63) is 12.2 Å². The lowest BCUT2D eigenvalue weighted by Gasteiger charge is -2.41. The van der Waals surface area contributed by atoms with Gasteiger partial charge in [0.1, 0.15) is 30.5 Å². The lowest BCUT2D eigenvalue weighted by Crippen LogP contribution is -2.60. The van der Waals surface area contributed by atoms with Crippen LogP contribution in [0.5, 0.6) is 0 Å². The molecule has 1 rings (SSSR count). The van der Waals surface area contributed by atoms with E-state index in [4.69, 9.17) is 23.5 Å². The summed E-state index contributed by atoms with van der Waals surface area (Å²) in [5, 5.41) is 30.6. The number of unbranched alkanes of at least 4 members (excludes halogenated alkanes) is 23. The first kappa shape index (κ1) is 51.9. The van der Waals surface area contributed by atoms with Gasteiger partial charge in [-0.25, -0.2) is 4.18 Å². The summed E-state index contributed by atoms with van der Waals surface area (Å²) >= 11 is 0. The molecule has 326 valence electrons. The monoisotopic (exact) mass is 809 g/mol. The Morgan fingerprint density at radius 2 is 1.18 bits per heavy atom. The number of carbonyl (C=O) groups excluding carboxylic acids is 1. The summed E-state index contributed by atoms with van der Waals surface area (Å²) in [4.78, 5) is 12.8. The van der Waals surface area contributed by atoms with Crippen LogP contribution in [0.15, 0.2) is 12.2 Å². The van der Waals surface area contributed by atoms with Gasteiger partial charge >= 0.3 is 16.4 Å². The number of hydrogen-bond acceptors (Lipinski definition) is 11. The minimum absolute atomic E-state index is 0.0378. The van der Waals surface area contributed by atoms with Crippen LogP contribution in [-0.2, 0) is 38.3 Å². The van der Waals surface area contributed by atoms with Crippen LogP contribution in [0.2, 0.25) is 0 Å². The zero-order chi connectivity index (χ0) is 40.4. The van der Waals surface area contributed by atoms with Crippen LogP contribution in [0.1, 0.15) is 187 Å². The summed E-state index contributed by atoms with van der Waals surface area (Å²) in [5.74, 6) is -0.408. The van der Waals surface area contributed by atoms with Gasteiger partial charge in [-0.3, -0.25) is 9.35 Å². The van der Waals surface area contributed by atoms with Gasteiger partial charge in [0.15, 0.2) is 6.29 Å². The topological polar surface area (TPSA) is 178 Å². The summed E-state index contributed by atoms with van der Waals surface area (Å²) in [6, 6.07) is 0. The minimum Gasteiger partial charge on any atom is -0.457 e. The van der Waals surface area contributed by atoms with Crippen LogP contribution >= 0.6 is 0 Å². The molecule has 0 aromatic carbocycles. The highest BCUT2D eigenvalue weighted by Crippen LogP contribution is 2.26. The molecule has 6 atom stereocenters. The normalized spacial score (nSPS) is 21.0. The SMILES string of the molecule is CCC/C=C\CCCCCCCC(=O)OC(COCCCCCCCCCCCCCCCCCCCC)COC1OC(CO)C(O)C(OS(=O)(=O)O)C1O. The largest absolute Gasteiger partial charge is 0.457 e. The molecule has 55 heavy (non-hydrogen) atoms. The van der Waals surface area contributed by atoms with Crippen LogP contribution in [0.25, 0.3) is 0 Å². The first-order chi connectivity index (χ1) is 26.6. The van der Waals surface area contributed by atoms with E-state index in [0.29, 0.717) is 13.0 Å². The Hall–Kier alpha value is -1.16. The van der Waals surface area contributed by atoms with E-state index in [1.54, 1.807) is 0 Å². The van der Waals surface area contributed by atoms with Gasteiger partial charge in [-0.2, -0.15) is 8.42 Å². The van der Waals surface area contributed by atoms with E-state index >= 15 is 0 Å². The number of allylic oxidation sites excluding steroid dienone is 2.